The molecule has 0 aliphatic carbocycles. The Morgan fingerprint density at radius 2 is 2.05 bits per heavy atom. The van der Waals surface area contributed by atoms with E-state index in [9.17, 15) is 0 Å². The summed E-state index contributed by atoms with van der Waals surface area (Å²) in [5.41, 5.74) is 2.31. The van der Waals surface area contributed by atoms with Crippen LogP contribution in [0.3, 0.4) is 0 Å². The minimum absolute atomic E-state index is 0.129. The Labute approximate surface area is 114 Å². The highest BCUT2D eigenvalue weighted by molar-refractivity contribution is 5.24. The summed E-state index contributed by atoms with van der Waals surface area (Å²) in [4.78, 5) is 0. The molecule has 0 saturated carbocycles. The quantitative estimate of drug-likeness (QED) is 0.828. The third kappa shape index (κ3) is 3.38. The molecule has 0 aromatic carbocycles. The summed E-state index contributed by atoms with van der Waals surface area (Å²) in [5.74, 6) is 0. The molecule has 2 heterocycles. The zero-order chi connectivity index (χ0) is 13.5. The van der Waals surface area contributed by atoms with Gasteiger partial charge in [0.25, 0.3) is 0 Å². The van der Waals surface area contributed by atoms with E-state index >= 15 is 0 Å². The highest BCUT2D eigenvalue weighted by Gasteiger charge is 2.17. The topological polar surface area (TPSA) is 55.6 Å². The van der Waals surface area contributed by atoms with Crippen molar-refractivity contribution in [3.05, 3.63) is 42.0 Å². The summed E-state index contributed by atoms with van der Waals surface area (Å²) in [5, 5.41) is 15.8. The van der Waals surface area contributed by atoms with E-state index in [2.05, 4.69) is 45.2 Å². The maximum Gasteiger partial charge on any atom is 0.0764 e. The molecule has 0 saturated heterocycles. The summed E-state index contributed by atoms with van der Waals surface area (Å²) in [7, 11) is 0. The largest absolute Gasteiger partial charge is 0.305 e. The molecule has 0 amide bonds. The van der Waals surface area contributed by atoms with Crippen LogP contribution in [0.15, 0.2) is 30.7 Å². The third-order valence-electron chi connectivity index (χ3n) is 3.02. The molecule has 2 aromatic heterocycles. The first-order valence-electron chi connectivity index (χ1n) is 6.88. The van der Waals surface area contributed by atoms with Gasteiger partial charge in [-0.1, -0.05) is 13.8 Å². The van der Waals surface area contributed by atoms with Gasteiger partial charge >= 0.3 is 0 Å². The van der Waals surface area contributed by atoms with E-state index < -0.39 is 0 Å². The van der Waals surface area contributed by atoms with Crippen LogP contribution in [0.4, 0.5) is 0 Å². The highest BCUT2D eigenvalue weighted by Crippen LogP contribution is 2.21. The Morgan fingerprint density at radius 1 is 1.16 bits per heavy atom. The van der Waals surface area contributed by atoms with E-state index in [1.165, 1.54) is 5.69 Å². The number of hydrogen-bond acceptors (Lipinski definition) is 4. The maximum atomic E-state index is 4.40. The summed E-state index contributed by atoms with van der Waals surface area (Å²) in [6, 6.07) is 4.21. The van der Waals surface area contributed by atoms with Gasteiger partial charge in [0.05, 0.1) is 17.9 Å². The molecule has 1 atom stereocenters. The van der Waals surface area contributed by atoms with E-state index in [0.29, 0.717) is 0 Å². The second-order valence-corrected chi connectivity index (χ2v) is 4.54. The lowest BCUT2D eigenvalue weighted by molar-refractivity contribution is 0.510. The number of aryl methyl sites for hydroxylation is 1. The predicted molar refractivity (Wildman–Crippen MR) is 74.7 cm³/mol. The SMILES string of the molecule is CCCNC(c1ccnnc1)c1ccnn1CCC. The number of rotatable bonds is 7. The van der Waals surface area contributed by atoms with Gasteiger partial charge in [0.2, 0.25) is 0 Å². The van der Waals surface area contributed by atoms with Crippen molar-refractivity contribution in [1.82, 2.24) is 25.3 Å². The van der Waals surface area contributed by atoms with Crippen LogP contribution >= 0.6 is 0 Å². The van der Waals surface area contributed by atoms with Crippen LogP contribution in [0.2, 0.25) is 0 Å². The Bertz CT molecular complexity index is 480. The highest BCUT2D eigenvalue weighted by atomic mass is 15.3. The van der Waals surface area contributed by atoms with E-state index in [0.717, 1.165) is 31.5 Å². The van der Waals surface area contributed by atoms with Crippen LogP contribution in [0.25, 0.3) is 0 Å². The molecule has 0 aliphatic rings. The third-order valence-corrected chi connectivity index (χ3v) is 3.02. The van der Waals surface area contributed by atoms with Gasteiger partial charge in [-0.05, 0) is 37.1 Å². The molecule has 102 valence electrons. The Hall–Kier alpha value is -1.75. The molecule has 1 unspecified atom stereocenters. The van der Waals surface area contributed by atoms with Crippen LogP contribution in [0, 0.1) is 0 Å². The van der Waals surface area contributed by atoms with E-state index in [1.54, 1.807) is 6.20 Å². The van der Waals surface area contributed by atoms with Gasteiger partial charge in [-0.15, -0.1) is 0 Å². The van der Waals surface area contributed by atoms with Gasteiger partial charge in [-0.3, -0.25) is 4.68 Å². The van der Waals surface area contributed by atoms with Crippen LogP contribution in [-0.4, -0.2) is 26.5 Å². The molecule has 5 nitrogen and oxygen atoms in total. The molecule has 0 radical (unpaired) electrons. The smallest absolute Gasteiger partial charge is 0.0764 e. The van der Waals surface area contributed by atoms with Crippen molar-refractivity contribution < 1.29 is 0 Å². The lowest BCUT2D eigenvalue weighted by atomic mass is 10.1. The lowest BCUT2D eigenvalue weighted by Gasteiger charge is -2.19. The second-order valence-electron chi connectivity index (χ2n) is 4.54. The van der Waals surface area contributed by atoms with Crippen LogP contribution in [0.1, 0.15) is 44.0 Å². The summed E-state index contributed by atoms with van der Waals surface area (Å²) < 4.78 is 2.06. The molecule has 19 heavy (non-hydrogen) atoms. The van der Waals surface area contributed by atoms with Crippen molar-refractivity contribution >= 4 is 0 Å². The molecule has 2 rings (SSSR count). The molecule has 5 heteroatoms. The van der Waals surface area contributed by atoms with Crippen LogP contribution < -0.4 is 5.32 Å². The zero-order valence-electron chi connectivity index (χ0n) is 11.6. The van der Waals surface area contributed by atoms with E-state index in [4.69, 9.17) is 0 Å². The standard InChI is InChI=1S/C14H21N5/c1-3-7-15-14(12-5-8-16-17-11-12)13-6-9-18-19(13)10-4-2/h5-6,8-9,11,14-15H,3-4,7,10H2,1-2H3. The Morgan fingerprint density at radius 3 is 2.74 bits per heavy atom. The Kier molecular flexibility index (Phi) is 5.03. The van der Waals surface area contributed by atoms with Gasteiger partial charge in [-0.2, -0.15) is 15.3 Å². The summed E-state index contributed by atoms with van der Waals surface area (Å²) >= 11 is 0. The van der Waals surface area contributed by atoms with Gasteiger partial charge in [0, 0.05) is 18.9 Å². The Balaban J connectivity index is 2.29. The molecule has 0 spiro atoms. The monoisotopic (exact) mass is 259 g/mol. The maximum absolute atomic E-state index is 4.40. The van der Waals surface area contributed by atoms with Gasteiger partial charge in [-0.25, -0.2) is 0 Å². The predicted octanol–water partition coefficient (Wildman–Crippen LogP) is 2.17. The van der Waals surface area contributed by atoms with Crippen molar-refractivity contribution in [2.75, 3.05) is 6.54 Å². The number of nitrogens with one attached hydrogen (secondary N) is 1. The summed E-state index contributed by atoms with van der Waals surface area (Å²) in [6.45, 7) is 6.22. The first kappa shape index (κ1) is 13.7. The lowest BCUT2D eigenvalue weighted by Crippen LogP contribution is -2.26. The zero-order valence-corrected chi connectivity index (χ0v) is 11.6. The molecule has 2 aromatic rings. The number of hydrogen-bond donors (Lipinski definition) is 1. The van der Waals surface area contributed by atoms with Crippen molar-refractivity contribution in [3.63, 3.8) is 0 Å². The normalized spacial score (nSPS) is 12.5. The minimum Gasteiger partial charge on any atom is -0.305 e. The molecule has 0 fully saturated rings. The first-order valence-corrected chi connectivity index (χ1v) is 6.88. The number of aromatic nitrogens is 4. The molecular weight excluding hydrogens is 238 g/mol. The minimum atomic E-state index is 0.129. The number of nitrogens with zero attached hydrogens (tertiary/aromatic N) is 4. The van der Waals surface area contributed by atoms with Crippen molar-refractivity contribution in [2.45, 2.75) is 39.3 Å². The van der Waals surface area contributed by atoms with Crippen molar-refractivity contribution in [2.24, 2.45) is 0 Å². The second kappa shape index (κ2) is 6.99. The fourth-order valence-electron chi connectivity index (χ4n) is 2.14. The van der Waals surface area contributed by atoms with Crippen molar-refractivity contribution in [1.29, 1.82) is 0 Å². The average Bonchev–Trinajstić information content (AvgIpc) is 2.89. The first-order chi connectivity index (χ1) is 9.36. The van der Waals surface area contributed by atoms with Gasteiger partial charge in [0.15, 0.2) is 0 Å². The van der Waals surface area contributed by atoms with E-state index in [1.807, 2.05) is 18.5 Å². The molecule has 0 aliphatic heterocycles. The van der Waals surface area contributed by atoms with Gasteiger partial charge < -0.3 is 5.32 Å². The fourth-order valence-corrected chi connectivity index (χ4v) is 2.14. The van der Waals surface area contributed by atoms with Crippen LogP contribution in [-0.2, 0) is 6.54 Å². The summed E-state index contributed by atoms with van der Waals surface area (Å²) in [6.07, 6.45) is 7.58. The van der Waals surface area contributed by atoms with Crippen LogP contribution in [0.5, 0.6) is 0 Å². The molecular formula is C14H21N5. The molecule has 1 N–H and O–H groups in total. The van der Waals surface area contributed by atoms with E-state index in [-0.39, 0.29) is 6.04 Å². The van der Waals surface area contributed by atoms with Crippen molar-refractivity contribution in [3.8, 4) is 0 Å². The average molecular weight is 259 g/mol. The fraction of sp³-hybridized carbons (Fsp3) is 0.500. The van der Waals surface area contributed by atoms with Gasteiger partial charge in [0.1, 0.15) is 0 Å². The molecule has 0 bridgehead atoms.